The van der Waals surface area contributed by atoms with E-state index in [4.69, 9.17) is 10.2 Å². The Hall–Kier alpha value is -1.29. The minimum absolute atomic E-state index is 0.0912. The molecule has 4 heteroatoms. The van der Waals surface area contributed by atoms with E-state index in [1.807, 2.05) is 6.92 Å². The van der Waals surface area contributed by atoms with Crippen LogP contribution in [-0.2, 0) is 6.54 Å². The van der Waals surface area contributed by atoms with E-state index in [1.165, 1.54) is 0 Å². The van der Waals surface area contributed by atoms with Crippen molar-refractivity contribution in [3.8, 4) is 0 Å². The van der Waals surface area contributed by atoms with Crippen LogP contribution in [0.25, 0.3) is 0 Å². The Bertz CT molecular complexity index is 307. The molecule has 4 nitrogen and oxygen atoms in total. The molecule has 0 aliphatic carbocycles. The molecule has 0 aromatic carbocycles. The van der Waals surface area contributed by atoms with Crippen molar-refractivity contribution < 1.29 is 9.21 Å². The average molecular weight is 196 g/mol. The molecular weight excluding hydrogens is 180 g/mol. The average Bonchev–Trinajstić information content (AvgIpc) is 2.65. The van der Waals surface area contributed by atoms with Gasteiger partial charge in [0.05, 0.1) is 6.54 Å². The summed E-state index contributed by atoms with van der Waals surface area (Å²) in [6, 6.07) is 3.39. The Kier molecular flexibility index (Phi) is 3.71. The van der Waals surface area contributed by atoms with Crippen molar-refractivity contribution in [1.29, 1.82) is 0 Å². The predicted octanol–water partition coefficient (Wildman–Crippen LogP) is 1.22. The summed E-state index contributed by atoms with van der Waals surface area (Å²) in [5.74, 6) is 0.909. The van der Waals surface area contributed by atoms with Gasteiger partial charge in [0.15, 0.2) is 5.76 Å². The van der Waals surface area contributed by atoms with E-state index >= 15 is 0 Å². The first-order chi connectivity index (χ1) is 6.69. The van der Waals surface area contributed by atoms with Gasteiger partial charge >= 0.3 is 0 Å². The van der Waals surface area contributed by atoms with Gasteiger partial charge in [-0.25, -0.2) is 0 Å². The summed E-state index contributed by atoms with van der Waals surface area (Å²) in [6.07, 6.45) is 0.937. The summed E-state index contributed by atoms with van der Waals surface area (Å²) < 4.78 is 5.25. The standard InChI is InChI=1S/C10H16N2O2/c1-3-6-12(2)10(13)9-5-4-8(7-11)14-9/h4-5H,3,6-7,11H2,1-2H3. The van der Waals surface area contributed by atoms with Crippen molar-refractivity contribution in [2.24, 2.45) is 5.73 Å². The highest BCUT2D eigenvalue weighted by atomic mass is 16.4. The van der Waals surface area contributed by atoms with Crippen molar-refractivity contribution in [3.05, 3.63) is 23.7 Å². The fourth-order valence-corrected chi connectivity index (χ4v) is 1.23. The number of rotatable bonds is 4. The Balaban J connectivity index is 2.68. The summed E-state index contributed by atoms with van der Waals surface area (Å²) in [4.78, 5) is 13.3. The largest absolute Gasteiger partial charge is 0.455 e. The molecule has 1 aromatic heterocycles. The van der Waals surface area contributed by atoms with Crippen LogP contribution in [0.2, 0.25) is 0 Å². The summed E-state index contributed by atoms with van der Waals surface area (Å²) in [7, 11) is 1.76. The smallest absolute Gasteiger partial charge is 0.289 e. The van der Waals surface area contributed by atoms with E-state index in [9.17, 15) is 4.79 Å². The topological polar surface area (TPSA) is 59.5 Å². The van der Waals surface area contributed by atoms with Gasteiger partial charge in [-0.3, -0.25) is 4.79 Å². The maximum Gasteiger partial charge on any atom is 0.289 e. The molecule has 2 N–H and O–H groups in total. The van der Waals surface area contributed by atoms with Gasteiger partial charge in [0, 0.05) is 13.6 Å². The summed E-state index contributed by atoms with van der Waals surface area (Å²) >= 11 is 0. The maximum absolute atomic E-state index is 11.7. The van der Waals surface area contributed by atoms with E-state index in [-0.39, 0.29) is 5.91 Å². The highest BCUT2D eigenvalue weighted by molar-refractivity contribution is 5.91. The van der Waals surface area contributed by atoms with E-state index in [2.05, 4.69) is 0 Å². The van der Waals surface area contributed by atoms with Crippen molar-refractivity contribution in [2.75, 3.05) is 13.6 Å². The Morgan fingerprint density at radius 2 is 2.29 bits per heavy atom. The number of nitrogens with zero attached hydrogens (tertiary/aromatic N) is 1. The molecule has 0 spiro atoms. The molecule has 0 aliphatic rings. The van der Waals surface area contributed by atoms with Gasteiger partial charge in [0.25, 0.3) is 5.91 Å². The number of furan rings is 1. The van der Waals surface area contributed by atoms with E-state index in [0.717, 1.165) is 13.0 Å². The third kappa shape index (κ3) is 2.35. The highest BCUT2D eigenvalue weighted by Crippen LogP contribution is 2.09. The second-order valence-electron chi connectivity index (χ2n) is 3.20. The van der Waals surface area contributed by atoms with Gasteiger partial charge < -0.3 is 15.1 Å². The van der Waals surface area contributed by atoms with Gasteiger partial charge in [-0.05, 0) is 18.6 Å². The predicted molar refractivity (Wildman–Crippen MR) is 53.9 cm³/mol. The normalized spacial score (nSPS) is 10.2. The van der Waals surface area contributed by atoms with Crippen molar-refractivity contribution in [3.63, 3.8) is 0 Å². The minimum atomic E-state index is -0.0912. The van der Waals surface area contributed by atoms with Gasteiger partial charge in [0.2, 0.25) is 0 Å². The number of carbonyl (C=O) groups excluding carboxylic acids is 1. The number of hydrogen-bond acceptors (Lipinski definition) is 3. The second kappa shape index (κ2) is 4.81. The molecule has 1 aromatic rings. The van der Waals surface area contributed by atoms with Crippen LogP contribution < -0.4 is 5.73 Å². The molecule has 0 atom stereocenters. The van der Waals surface area contributed by atoms with E-state index < -0.39 is 0 Å². The first-order valence-electron chi connectivity index (χ1n) is 4.73. The number of amides is 1. The molecule has 14 heavy (non-hydrogen) atoms. The van der Waals surface area contributed by atoms with Crippen LogP contribution in [0.1, 0.15) is 29.7 Å². The fourth-order valence-electron chi connectivity index (χ4n) is 1.23. The van der Waals surface area contributed by atoms with Gasteiger partial charge in [-0.1, -0.05) is 6.92 Å². The van der Waals surface area contributed by atoms with Crippen molar-refractivity contribution in [1.82, 2.24) is 4.90 Å². The number of hydrogen-bond donors (Lipinski definition) is 1. The molecule has 0 unspecified atom stereocenters. The first kappa shape index (κ1) is 10.8. The van der Waals surface area contributed by atoms with Crippen LogP contribution in [0.3, 0.4) is 0 Å². The molecule has 1 heterocycles. The van der Waals surface area contributed by atoms with Crippen molar-refractivity contribution >= 4 is 5.91 Å². The zero-order chi connectivity index (χ0) is 10.6. The number of carbonyl (C=O) groups is 1. The van der Waals surface area contributed by atoms with Crippen LogP contribution >= 0.6 is 0 Å². The van der Waals surface area contributed by atoms with E-state index in [0.29, 0.717) is 18.1 Å². The zero-order valence-corrected chi connectivity index (χ0v) is 8.62. The van der Waals surface area contributed by atoms with Gasteiger partial charge in [-0.2, -0.15) is 0 Å². The van der Waals surface area contributed by atoms with Gasteiger partial charge in [0.1, 0.15) is 5.76 Å². The minimum Gasteiger partial charge on any atom is -0.455 e. The fraction of sp³-hybridized carbons (Fsp3) is 0.500. The Morgan fingerprint density at radius 3 is 2.79 bits per heavy atom. The Labute approximate surface area is 83.7 Å². The highest BCUT2D eigenvalue weighted by Gasteiger charge is 2.14. The number of nitrogens with two attached hydrogens (primary N) is 1. The molecule has 0 radical (unpaired) electrons. The van der Waals surface area contributed by atoms with E-state index in [1.54, 1.807) is 24.1 Å². The first-order valence-corrected chi connectivity index (χ1v) is 4.73. The molecule has 0 saturated carbocycles. The lowest BCUT2D eigenvalue weighted by atomic mass is 10.3. The third-order valence-corrected chi connectivity index (χ3v) is 1.98. The molecule has 78 valence electrons. The SMILES string of the molecule is CCCN(C)C(=O)c1ccc(CN)o1. The lowest BCUT2D eigenvalue weighted by Gasteiger charge is -2.13. The lowest BCUT2D eigenvalue weighted by molar-refractivity contribution is 0.0762. The van der Waals surface area contributed by atoms with Gasteiger partial charge in [-0.15, -0.1) is 0 Å². The lowest BCUT2D eigenvalue weighted by Crippen LogP contribution is -2.26. The van der Waals surface area contributed by atoms with Crippen molar-refractivity contribution in [2.45, 2.75) is 19.9 Å². The Morgan fingerprint density at radius 1 is 1.57 bits per heavy atom. The molecule has 0 bridgehead atoms. The zero-order valence-electron chi connectivity index (χ0n) is 8.62. The molecule has 0 saturated heterocycles. The quantitative estimate of drug-likeness (QED) is 0.787. The molecule has 1 rings (SSSR count). The molecule has 1 amide bonds. The molecule has 0 aliphatic heterocycles. The van der Waals surface area contributed by atoms with Crippen LogP contribution in [-0.4, -0.2) is 24.4 Å². The summed E-state index contributed by atoms with van der Waals surface area (Å²) in [5, 5.41) is 0. The maximum atomic E-state index is 11.7. The monoisotopic (exact) mass is 196 g/mol. The van der Waals surface area contributed by atoms with Crippen LogP contribution in [0.4, 0.5) is 0 Å². The summed E-state index contributed by atoms with van der Waals surface area (Å²) in [6.45, 7) is 3.08. The summed E-state index contributed by atoms with van der Waals surface area (Å²) in [5.41, 5.74) is 5.38. The van der Waals surface area contributed by atoms with Crippen LogP contribution in [0, 0.1) is 0 Å². The molecular formula is C10H16N2O2. The molecule has 0 fully saturated rings. The third-order valence-electron chi connectivity index (χ3n) is 1.98. The van der Waals surface area contributed by atoms with Crippen LogP contribution in [0.15, 0.2) is 16.5 Å². The second-order valence-corrected chi connectivity index (χ2v) is 3.20. The van der Waals surface area contributed by atoms with Crippen LogP contribution in [0.5, 0.6) is 0 Å².